The van der Waals surface area contributed by atoms with Gasteiger partial charge in [-0.05, 0) is 58.1 Å². The Morgan fingerprint density at radius 3 is 2.42 bits per heavy atom. The molecule has 0 spiro atoms. The molecule has 0 saturated heterocycles. The number of nitrogens with zero attached hydrogens (tertiary/aromatic N) is 1. The molecule has 0 amide bonds. The summed E-state index contributed by atoms with van der Waals surface area (Å²) in [7, 11) is 0.269. The fourth-order valence-corrected chi connectivity index (χ4v) is 3.63. The van der Waals surface area contributed by atoms with Crippen LogP contribution < -0.4 is 10.5 Å². The van der Waals surface area contributed by atoms with Crippen LogP contribution in [0, 0.1) is 13.8 Å². The maximum Gasteiger partial charge on any atom is 0.241 e. The van der Waals surface area contributed by atoms with E-state index in [-0.39, 0.29) is 10.9 Å². The van der Waals surface area contributed by atoms with Crippen LogP contribution in [0.1, 0.15) is 18.1 Å². The highest BCUT2D eigenvalue weighted by Gasteiger charge is 2.21. The number of aryl methyl sites for hydroxylation is 1. The molecule has 0 aliphatic rings. The molecule has 3 N–H and O–H groups in total. The van der Waals surface area contributed by atoms with Crippen molar-refractivity contribution in [3.8, 4) is 0 Å². The van der Waals surface area contributed by atoms with E-state index in [0.717, 1.165) is 11.1 Å². The first-order valence-electron chi connectivity index (χ1n) is 6.17. The monoisotopic (exact) mass is 285 g/mol. The Hall–Kier alpha value is -1.11. The van der Waals surface area contributed by atoms with Crippen LogP contribution in [0.5, 0.6) is 0 Å². The lowest BCUT2D eigenvalue weighted by molar-refractivity contribution is 0.370. The van der Waals surface area contributed by atoms with E-state index in [4.69, 9.17) is 5.73 Å². The topological polar surface area (TPSA) is 75.4 Å². The van der Waals surface area contributed by atoms with Gasteiger partial charge in [0.1, 0.15) is 0 Å². The van der Waals surface area contributed by atoms with Crippen molar-refractivity contribution >= 4 is 15.7 Å². The summed E-state index contributed by atoms with van der Waals surface area (Å²) >= 11 is 0. The van der Waals surface area contributed by atoms with Crippen molar-refractivity contribution in [2.45, 2.75) is 31.7 Å². The van der Waals surface area contributed by atoms with Crippen molar-refractivity contribution in [3.63, 3.8) is 0 Å². The number of benzene rings is 1. The molecule has 0 saturated carbocycles. The van der Waals surface area contributed by atoms with E-state index in [1.165, 1.54) is 6.07 Å². The SMILES string of the molecule is Cc1cc(N)cc(S(=O)(=O)NC(C)CN(C)C)c1C. The predicted molar refractivity (Wildman–Crippen MR) is 78.7 cm³/mol. The van der Waals surface area contributed by atoms with Gasteiger partial charge in [0.25, 0.3) is 0 Å². The number of rotatable bonds is 5. The lowest BCUT2D eigenvalue weighted by Gasteiger charge is -2.19. The van der Waals surface area contributed by atoms with Crippen LogP contribution in [-0.2, 0) is 10.0 Å². The van der Waals surface area contributed by atoms with Crippen molar-refractivity contribution in [3.05, 3.63) is 23.3 Å². The van der Waals surface area contributed by atoms with Crippen LogP contribution >= 0.6 is 0 Å². The first-order valence-corrected chi connectivity index (χ1v) is 7.65. The highest BCUT2D eigenvalue weighted by Crippen LogP contribution is 2.22. The number of hydrogen-bond donors (Lipinski definition) is 2. The second-order valence-electron chi connectivity index (χ2n) is 5.25. The Balaban J connectivity index is 3.07. The van der Waals surface area contributed by atoms with Crippen molar-refractivity contribution in [2.24, 2.45) is 0 Å². The van der Waals surface area contributed by atoms with Gasteiger partial charge in [0, 0.05) is 18.3 Å². The van der Waals surface area contributed by atoms with Gasteiger partial charge in [-0.3, -0.25) is 0 Å². The largest absolute Gasteiger partial charge is 0.399 e. The number of sulfonamides is 1. The smallest absolute Gasteiger partial charge is 0.241 e. The van der Waals surface area contributed by atoms with Crippen LogP contribution in [0.15, 0.2) is 17.0 Å². The van der Waals surface area contributed by atoms with Gasteiger partial charge in [0.15, 0.2) is 0 Å². The third-order valence-electron chi connectivity index (χ3n) is 2.93. The van der Waals surface area contributed by atoms with Gasteiger partial charge in [-0.25, -0.2) is 13.1 Å². The van der Waals surface area contributed by atoms with Crippen molar-refractivity contribution in [2.75, 3.05) is 26.4 Å². The van der Waals surface area contributed by atoms with Gasteiger partial charge in [0.2, 0.25) is 10.0 Å². The highest BCUT2D eigenvalue weighted by atomic mass is 32.2. The summed E-state index contributed by atoms with van der Waals surface area (Å²) in [6.07, 6.45) is 0. The lowest BCUT2D eigenvalue weighted by atomic mass is 10.1. The zero-order valence-electron chi connectivity index (χ0n) is 12.2. The third kappa shape index (κ3) is 4.19. The van der Waals surface area contributed by atoms with Gasteiger partial charge in [-0.2, -0.15) is 0 Å². The van der Waals surface area contributed by atoms with Crippen LogP contribution in [0.4, 0.5) is 5.69 Å². The molecule has 6 heteroatoms. The minimum Gasteiger partial charge on any atom is -0.399 e. The van der Waals surface area contributed by atoms with E-state index >= 15 is 0 Å². The van der Waals surface area contributed by atoms with E-state index in [2.05, 4.69) is 4.72 Å². The molecule has 1 unspecified atom stereocenters. The second kappa shape index (κ2) is 5.90. The van der Waals surface area contributed by atoms with Crippen molar-refractivity contribution in [1.82, 2.24) is 9.62 Å². The maximum absolute atomic E-state index is 12.4. The van der Waals surface area contributed by atoms with Crippen LogP contribution in [0.3, 0.4) is 0 Å². The molecule has 5 nitrogen and oxygen atoms in total. The Morgan fingerprint density at radius 1 is 1.32 bits per heavy atom. The molecule has 108 valence electrons. The normalized spacial score (nSPS) is 13.8. The maximum atomic E-state index is 12.4. The van der Waals surface area contributed by atoms with E-state index in [0.29, 0.717) is 12.2 Å². The third-order valence-corrected chi connectivity index (χ3v) is 4.64. The molecule has 1 atom stereocenters. The number of nitrogens with one attached hydrogen (secondary N) is 1. The lowest BCUT2D eigenvalue weighted by Crippen LogP contribution is -2.39. The van der Waals surface area contributed by atoms with E-state index in [9.17, 15) is 8.42 Å². The zero-order chi connectivity index (χ0) is 14.8. The molecule has 0 fully saturated rings. The Kier molecular flexibility index (Phi) is 4.95. The molecular formula is C13H23N3O2S. The molecule has 0 bridgehead atoms. The molecule has 0 aromatic heterocycles. The Labute approximate surface area is 115 Å². The Morgan fingerprint density at radius 2 is 1.89 bits per heavy atom. The van der Waals surface area contributed by atoms with Crippen LogP contribution in [0.25, 0.3) is 0 Å². The molecule has 19 heavy (non-hydrogen) atoms. The van der Waals surface area contributed by atoms with Crippen LogP contribution in [0.2, 0.25) is 0 Å². The van der Waals surface area contributed by atoms with E-state index < -0.39 is 10.0 Å². The first-order chi connectivity index (χ1) is 8.63. The van der Waals surface area contributed by atoms with Gasteiger partial charge in [0.05, 0.1) is 4.90 Å². The summed E-state index contributed by atoms with van der Waals surface area (Å²) in [6, 6.07) is 3.12. The highest BCUT2D eigenvalue weighted by molar-refractivity contribution is 7.89. The predicted octanol–water partition coefficient (Wildman–Crippen LogP) is 1.11. The van der Waals surface area contributed by atoms with Gasteiger partial charge < -0.3 is 10.6 Å². The molecule has 0 heterocycles. The van der Waals surface area contributed by atoms with Crippen molar-refractivity contribution in [1.29, 1.82) is 0 Å². The summed E-state index contributed by atoms with van der Waals surface area (Å²) in [4.78, 5) is 2.19. The summed E-state index contributed by atoms with van der Waals surface area (Å²) in [5, 5.41) is 0. The summed E-state index contributed by atoms with van der Waals surface area (Å²) in [6.45, 7) is 6.12. The molecule has 1 aromatic carbocycles. The first kappa shape index (κ1) is 15.9. The number of anilines is 1. The number of nitrogen functional groups attached to an aromatic ring is 1. The fourth-order valence-electron chi connectivity index (χ4n) is 2.05. The minimum absolute atomic E-state index is 0.166. The Bertz CT molecular complexity index is 553. The summed E-state index contributed by atoms with van der Waals surface area (Å²) < 4.78 is 27.4. The molecule has 1 aromatic rings. The molecule has 0 aliphatic heterocycles. The van der Waals surface area contributed by atoms with E-state index in [1.54, 1.807) is 13.0 Å². The molecule has 1 rings (SSSR count). The van der Waals surface area contributed by atoms with Crippen molar-refractivity contribution < 1.29 is 8.42 Å². The standard InChI is InChI=1S/C13H23N3O2S/c1-9-6-12(14)7-13(11(9)3)19(17,18)15-10(2)8-16(4)5/h6-7,10,15H,8,14H2,1-5H3. The van der Waals surface area contributed by atoms with E-state index in [1.807, 2.05) is 32.8 Å². The minimum atomic E-state index is -3.54. The van der Waals surface area contributed by atoms with Gasteiger partial charge in [-0.15, -0.1) is 0 Å². The molecular weight excluding hydrogens is 262 g/mol. The second-order valence-corrected chi connectivity index (χ2v) is 6.93. The number of likely N-dealkylation sites (N-methyl/N-ethyl adjacent to an activating group) is 1. The average Bonchev–Trinajstić information content (AvgIpc) is 2.20. The molecule has 0 aliphatic carbocycles. The van der Waals surface area contributed by atoms with Gasteiger partial charge in [-0.1, -0.05) is 0 Å². The van der Waals surface area contributed by atoms with Crippen LogP contribution in [-0.4, -0.2) is 40.0 Å². The van der Waals surface area contributed by atoms with Gasteiger partial charge >= 0.3 is 0 Å². The quantitative estimate of drug-likeness (QED) is 0.795. The summed E-state index contributed by atoms with van der Waals surface area (Å²) in [5.74, 6) is 0. The number of hydrogen-bond acceptors (Lipinski definition) is 4. The number of nitrogens with two attached hydrogens (primary N) is 1. The average molecular weight is 285 g/mol. The fraction of sp³-hybridized carbons (Fsp3) is 0.538. The molecule has 0 radical (unpaired) electrons. The summed E-state index contributed by atoms with van der Waals surface area (Å²) in [5.41, 5.74) is 7.81. The zero-order valence-corrected chi connectivity index (χ0v) is 13.0.